The largest absolute Gasteiger partial charge is 0.357 e. The van der Waals surface area contributed by atoms with Crippen LogP contribution >= 0.6 is 11.6 Å². The third-order valence-corrected chi connectivity index (χ3v) is 7.80. The number of halogens is 1. The number of nitrogens with one attached hydrogen (secondary N) is 1. The van der Waals surface area contributed by atoms with Crippen LogP contribution in [-0.2, 0) is 26.2 Å². The molecule has 0 saturated heterocycles. The molecule has 3 aromatic rings. The van der Waals surface area contributed by atoms with Crippen molar-refractivity contribution >= 4 is 39.1 Å². The highest BCUT2D eigenvalue weighted by atomic mass is 35.5. The Balaban J connectivity index is 2.05. The van der Waals surface area contributed by atoms with Gasteiger partial charge < -0.3 is 10.2 Å². The molecule has 0 radical (unpaired) electrons. The quantitative estimate of drug-likeness (QED) is 0.423. The Labute approximate surface area is 217 Å². The Bertz CT molecular complexity index is 1320. The summed E-state index contributed by atoms with van der Waals surface area (Å²) in [5.74, 6) is -0.829. The number of benzene rings is 3. The lowest BCUT2D eigenvalue weighted by Gasteiger charge is -2.33. The van der Waals surface area contributed by atoms with E-state index in [0.29, 0.717) is 11.4 Å². The molecule has 7 nitrogen and oxygen atoms in total. The van der Waals surface area contributed by atoms with E-state index in [4.69, 9.17) is 11.6 Å². The molecule has 0 aliphatic rings. The van der Waals surface area contributed by atoms with Gasteiger partial charge in [-0.3, -0.25) is 13.9 Å². The van der Waals surface area contributed by atoms with Gasteiger partial charge in [0, 0.05) is 18.6 Å². The Hall–Kier alpha value is -3.36. The third-order valence-electron chi connectivity index (χ3n) is 5.77. The van der Waals surface area contributed by atoms with Gasteiger partial charge in [-0.05, 0) is 49.2 Å². The number of rotatable bonds is 10. The zero-order valence-corrected chi connectivity index (χ0v) is 22.1. The normalized spacial score (nSPS) is 12.0. The molecule has 0 spiro atoms. The molecule has 1 N–H and O–H groups in total. The van der Waals surface area contributed by atoms with Gasteiger partial charge in [-0.1, -0.05) is 72.6 Å². The van der Waals surface area contributed by atoms with Crippen LogP contribution in [0.3, 0.4) is 0 Å². The maximum absolute atomic E-state index is 13.8. The second kappa shape index (κ2) is 12.1. The van der Waals surface area contributed by atoms with Crippen LogP contribution in [0.1, 0.15) is 24.5 Å². The Morgan fingerprint density at radius 1 is 0.972 bits per heavy atom. The number of amides is 2. The summed E-state index contributed by atoms with van der Waals surface area (Å²) in [6, 6.07) is 21.1. The van der Waals surface area contributed by atoms with Crippen LogP contribution in [0.5, 0.6) is 0 Å². The summed E-state index contributed by atoms with van der Waals surface area (Å²) in [5.41, 5.74) is 2.11. The van der Waals surface area contributed by atoms with Crippen molar-refractivity contribution in [2.75, 3.05) is 17.9 Å². The molecule has 36 heavy (non-hydrogen) atoms. The van der Waals surface area contributed by atoms with Crippen molar-refractivity contribution in [1.29, 1.82) is 0 Å². The molecule has 1 atom stereocenters. The first-order valence-electron chi connectivity index (χ1n) is 11.6. The van der Waals surface area contributed by atoms with Crippen molar-refractivity contribution in [2.24, 2.45) is 0 Å². The second-order valence-electron chi connectivity index (χ2n) is 8.35. The SMILES string of the molecule is CC[C@@H](C(=O)NC)N(Cc1cccc(C)c1)C(=O)CN(c1cccc(Cl)c1)S(=O)(=O)c1ccccc1. The number of nitrogens with zero attached hydrogens (tertiary/aromatic N) is 2. The van der Waals surface area contributed by atoms with E-state index in [9.17, 15) is 18.0 Å². The van der Waals surface area contributed by atoms with Crippen LogP contribution < -0.4 is 9.62 Å². The van der Waals surface area contributed by atoms with Gasteiger partial charge >= 0.3 is 0 Å². The summed E-state index contributed by atoms with van der Waals surface area (Å²) in [5, 5.41) is 2.95. The number of anilines is 1. The van der Waals surface area contributed by atoms with E-state index in [1.807, 2.05) is 38.1 Å². The minimum Gasteiger partial charge on any atom is -0.357 e. The van der Waals surface area contributed by atoms with Crippen molar-refractivity contribution in [3.63, 3.8) is 0 Å². The van der Waals surface area contributed by atoms with Crippen LogP contribution in [-0.4, -0.2) is 44.8 Å². The minimum atomic E-state index is -4.11. The monoisotopic (exact) mass is 527 g/mol. The van der Waals surface area contributed by atoms with Crippen LogP contribution in [0, 0.1) is 6.92 Å². The van der Waals surface area contributed by atoms with E-state index >= 15 is 0 Å². The number of hydrogen-bond acceptors (Lipinski definition) is 4. The van der Waals surface area contributed by atoms with Gasteiger partial charge in [0.25, 0.3) is 10.0 Å². The molecule has 0 heterocycles. The van der Waals surface area contributed by atoms with Crippen molar-refractivity contribution in [1.82, 2.24) is 10.2 Å². The lowest BCUT2D eigenvalue weighted by atomic mass is 10.1. The molecule has 2 amide bonds. The molecule has 3 aromatic carbocycles. The molecule has 0 saturated carbocycles. The topological polar surface area (TPSA) is 86.8 Å². The molecular weight excluding hydrogens is 498 g/mol. The summed E-state index contributed by atoms with van der Waals surface area (Å²) in [7, 11) is -2.60. The molecule has 9 heteroatoms. The minimum absolute atomic E-state index is 0.0429. The molecule has 0 aliphatic heterocycles. The first-order valence-corrected chi connectivity index (χ1v) is 13.4. The number of carbonyl (C=O) groups is 2. The first kappa shape index (κ1) is 27.2. The molecule has 0 aliphatic carbocycles. The van der Waals surface area contributed by atoms with Gasteiger partial charge in [0.1, 0.15) is 12.6 Å². The Morgan fingerprint density at radius 2 is 1.67 bits per heavy atom. The maximum Gasteiger partial charge on any atom is 0.264 e. The first-order chi connectivity index (χ1) is 17.2. The second-order valence-corrected chi connectivity index (χ2v) is 10.7. The molecule has 190 valence electrons. The zero-order valence-electron chi connectivity index (χ0n) is 20.5. The van der Waals surface area contributed by atoms with E-state index in [2.05, 4.69) is 5.32 Å². The predicted molar refractivity (Wildman–Crippen MR) is 142 cm³/mol. The smallest absolute Gasteiger partial charge is 0.264 e. The molecule has 0 fully saturated rings. The lowest BCUT2D eigenvalue weighted by molar-refractivity contribution is -0.140. The highest BCUT2D eigenvalue weighted by Crippen LogP contribution is 2.27. The van der Waals surface area contributed by atoms with Crippen molar-refractivity contribution in [3.05, 3.63) is 95.0 Å². The molecule has 0 bridgehead atoms. The Morgan fingerprint density at radius 3 is 2.28 bits per heavy atom. The van der Waals surface area contributed by atoms with Gasteiger partial charge in [0.15, 0.2) is 0 Å². The molecule has 0 aromatic heterocycles. The van der Waals surface area contributed by atoms with Crippen LogP contribution in [0.2, 0.25) is 5.02 Å². The maximum atomic E-state index is 13.8. The van der Waals surface area contributed by atoms with E-state index in [1.54, 1.807) is 36.4 Å². The summed E-state index contributed by atoms with van der Waals surface area (Å²) >= 11 is 6.17. The summed E-state index contributed by atoms with van der Waals surface area (Å²) < 4.78 is 28.4. The molecule has 3 rings (SSSR count). The highest BCUT2D eigenvalue weighted by molar-refractivity contribution is 7.92. The highest BCUT2D eigenvalue weighted by Gasteiger charge is 2.33. The van der Waals surface area contributed by atoms with Crippen molar-refractivity contribution in [2.45, 2.75) is 37.8 Å². The van der Waals surface area contributed by atoms with Crippen LogP contribution in [0.4, 0.5) is 5.69 Å². The number of aryl methyl sites for hydroxylation is 1. The van der Waals surface area contributed by atoms with Crippen LogP contribution in [0.15, 0.2) is 83.8 Å². The summed E-state index contributed by atoms with van der Waals surface area (Å²) in [4.78, 5) is 28.0. The number of likely N-dealkylation sites (N-methyl/N-ethyl adjacent to an activating group) is 1. The molecular formula is C27H30ClN3O4S. The van der Waals surface area contributed by atoms with Gasteiger partial charge in [-0.2, -0.15) is 0 Å². The van der Waals surface area contributed by atoms with Crippen molar-refractivity contribution in [3.8, 4) is 0 Å². The number of hydrogen-bond donors (Lipinski definition) is 1. The number of sulfonamides is 1. The lowest BCUT2D eigenvalue weighted by Crippen LogP contribution is -2.51. The van der Waals surface area contributed by atoms with Gasteiger partial charge in [-0.15, -0.1) is 0 Å². The van der Waals surface area contributed by atoms with Gasteiger partial charge in [-0.25, -0.2) is 8.42 Å². The summed E-state index contributed by atoms with van der Waals surface area (Å²) in [6.07, 6.45) is 0.361. The van der Waals surface area contributed by atoms with E-state index in [1.165, 1.54) is 30.1 Å². The number of carbonyl (C=O) groups excluding carboxylic acids is 2. The zero-order chi connectivity index (χ0) is 26.3. The van der Waals surface area contributed by atoms with E-state index < -0.39 is 28.5 Å². The van der Waals surface area contributed by atoms with Gasteiger partial charge in [0.2, 0.25) is 11.8 Å². The fourth-order valence-electron chi connectivity index (χ4n) is 3.97. The van der Waals surface area contributed by atoms with E-state index in [-0.39, 0.29) is 23.0 Å². The average molecular weight is 528 g/mol. The standard InChI is InChI=1S/C27H30ClN3O4S/c1-4-25(27(33)29-3)30(18-21-11-8-10-20(2)16-21)26(32)19-31(23-13-9-12-22(28)17-23)36(34,35)24-14-6-5-7-15-24/h5-17,25H,4,18-19H2,1-3H3,(H,29,33)/t25-/m0/s1. The van der Waals surface area contributed by atoms with Crippen molar-refractivity contribution < 1.29 is 18.0 Å². The molecule has 0 unspecified atom stereocenters. The Kier molecular flexibility index (Phi) is 9.12. The fourth-order valence-corrected chi connectivity index (χ4v) is 5.58. The third kappa shape index (κ3) is 6.44. The predicted octanol–water partition coefficient (Wildman–Crippen LogP) is 4.40. The van der Waals surface area contributed by atoms with Crippen LogP contribution in [0.25, 0.3) is 0 Å². The average Bonchev–Trinajstić information content (AvgIpc) is 2.87. The van der Waals surface area contributed by atoms with E-state index in [0.717, 1.165) is 15.4 Å². The van der Waals surface area contributed by atoms with Gasteiger partial charge in [0.05, 0.1) is 10.6 Å². The summed E-state index contributed by atoms with van der Waals surface area (Å²) in [6.45, 7) is 3.41. The fraction of sp³-hybridized carbons (Fsp3) is 0.259.